The maximum atomic E-state index is 14.4. The number of piperidine rings is 1. The van der Waals surface area contributed by atoms with Crippen LogP contribution < -0.4 is 15.0 Å². The van der Waals surface area contributed by atoms with Gasteiger partial charge in [0.25, 0.3) is 0 Å². The van der Waals surface area contributed by atoms with E-state index in [1.54, 1.807) is 17.0 Å². The summed E-state index contributed by atoms with van der Waals surface area (Å²) in [7, 11) is 0. The maximum Gasteiger partial charge on any atom is 0.573 e. The van der Waals surface area contributed by atoms with Crippen molar-refractivity contribution in [3.05, 3.63) is 42.3 Å². The molecule has 1 amide bonds. The van der Waals surface area contributed by atoms with Gasteiger partial charge in [-0.2, -0.15) is 0 Å². The van der Waals surface area contributed by atoms with Gasteiger partial charge in [-0.15, -0.1) is 13.2 Å². The SMILES string of the molecule is CC(=O)NC1CCN(c2ccnc(-c3ccc(OC(F)(F)F)c(F)c3)c2)C[C@@H]1F. The van der Waals surface area contributed by atoms with Crippen LogP contribution >= 0.6 is 0 Å². The van der Waals surface area contributed by atoms with E-state index in [4.69, 9.17) is 0 Å². The fourth-order valence-electron chi connectivity index (χ4n) is 3.20. The Morgan fingerprint density at radius 1 is 1.28 bits per heavy atom. The van der Waals surface area contributed by atoms with Crippen molar-refractivity contribution in [1.29, 1.82) is 0 Å². The Balaban J connectivity index is 1.77. The van der Waals surface area contributed by atoms with E-state index in [1.807, 2.05) is 0 Å². The highest BCUT2D eigenvalue weighted by molar-refractivity contribution is 5.73. The van der Waals surface area contributed by atoms with Crippen LogP contribution in [0.15, 0.2) is 36.5 Å². The number of aromatic nitrogens is 1. The molecule has 2 atom stereocenters. The molecule has 5 nitrogen and oxygen atoms in total. The standard InChI is InChI=1S/C19H18F5N3O2/c1-11(28)26-16-5-7-27(10-15(16)21)13-4-6-25-17(9-13)12-2-3-18(14(20)8-12)29-19(22,23)24/h2-4,6,8-9,15-16H,5,7,10H2,1H3,(H,26,28)/t15-,16?/m0/s1. The number of anilines is 1. The molecule has 1 aromatic carbocycles. The molecular formula is C19H18F5N3O2. The van der Waals surface area contributed by atoms with E-state index < -0.39 is 30.1 Å². The van der Waals surface area contributed by atoms with E-state index in [0.29, 0.717) is 24.3 Å². The first-order chi connectivity index (χ1) is 13.6. The molecular weight excluding hydrogens is 397 g/mol. The molecule has 1 aromatic heterocycles. The van der Waals surface area contributed by atoms with Gasteiger partial charge in [0.05, 0.1) is 18.3 Å². The van der Waals surface area contributed by atoms with Gasteiger partial charge in [0.1, 0.15) is 6.17 Å². The van der Waals surface area contributed by atoms with Crippen LogP contribution in [0.3, 0.4) is 0 Å². The summed E-state index contributed by atoms with van der Waals surface area (Å²) >= 11 is 0. The molecule has 0 saturated carbocycles. The maximum absolute atomic E-state index is 14.4. The number of benzene rings is 1. The third-order valence-electron chi connectivity index (χ3n) is 4.49. The lowest BCUT2D eigenvalue weighted by atomic mass is 10.0. The van der Waals surface area contributed by atoms with Crippen molar-refractivity contribution < 1.29 is 31.5 Å². The molecule has 156 valence electrons. The van der Waals surface area contributed by atoms with Crippen molar-refractivity contribution >= 4 is 11.6 Å². The van der Waals surface area contributed by atoms with Gasteiger partial charge in [-0.3, -0.25) is 9.78 Å². The highest BCUT2D eigenvalue weighted by Crippen LogP contribution is 2.31. The van der Waals surface area contributed by atoms with Crippen LogP contribution in [0.5, 0.6) is 5.75 Å². The minimum Gasteiger partial charge on any atom is -0.403 e. The van der Waals surface area contributed by atoms with E-state index in [0.717, 1.165) is 12.1 Å². The zero-order valence-electron chi connectivity index (χ0n) is 15.3. The number of hydrogen-bond donors (Lipinski definition) is 1. The highest BCUT2D eigenvalue weighted by atomic mass is 19.4. The van der Waals surface area contributed by atoms with Crippen molar-refractivity contribution in [1.82, 2.24) is 10.3 Å². The second-order valence-electron chi connectivity index (χ2n) is 6.65. The van der Waals surface area contributed by atoms with Crippen LogP contribution in [-0.2, 0) is 4.79 Å². The Morgan fingerprint density at radius 3 is 2.66 bits per heavy atom. The quantitative estimate of drug-likeness (QED) is 0.772. The summed E-state index contributed by atoms with van der Waals surface area (Å²) in [4.78, 5) is 17.0. The van der Waals surface area contributed by atoms with E-state index >= 15 is 0 Å². The second kappa shape index (κ2) is 8.22. The zero-order valence-corrected chi connectivity index (χ0v) is 15.3. The Morgan fingerprint density at radius 2 is 2.03 bits per heavy atom. The lowest BCUT2D eigenvalue weighted by Gasteiger charge is -2.36. The number of amides is 1. The molecule has 0 bridgehead atoms. The molecule has 0 spiro atoms. The number of hydrogen-bond acceptors (Lipinski definition) is 4. The molecule has 1 unspecified atom stereocenters. The van der Waals surface area contributed by atoms with Crippen molar-refractivity contribution in [3.63, 3.8) is 0 Å². The number of ether oxygens (including phenoxy) is 1. The molecule has 2 aromatic rings. The number of carbonyl (C=O) groups excluding carboxylic acids is 1. The van der Waals surface area contributed by atoms with E-state index in [2.05, 4.69) is 15.0 Å². The van der Waals surface area contributed by atoms with Crippen molar-refractivity contribution in [3.8, 4) is 17.0 Å². The summed E-state index contributed by atoms with van der Waals surface area (Å²) in [6, 6.07) is 5.74. The monoisotopic (exact) mass is 415 g/mol. The molecule has 0 radical (unpaired) electrons. The topological polar surface area (TPSA) is 54.5 Å². The van der Waals surface area contributed by atoms with Crippen molar-refractivity contribution in [2.45, 2.75) is 31.9 Å². The normalized spacial score (nSPS) is 19.7. The van der Waals surface area contributed by atoms with Crippen LogP contribution in [0.1, 0.15) is 13.3 Å². The zero-order chi connectivity index (χ0) is 21.2. The van der Waals surface area contributed by atoms with Gasteiger partial charge >= 0.3 is 6.36 Å². The molecule has 1 N–H and O–H groups in total. The number of alkyl halides is 4. The second-order valence-corrected chi connectivity index (χ2v) is 6.65. The smallest absolute Gasteiger partial charge is 0.403 e. The molecule has 1 aliphatic heterocycles. The Hall–Kier alpha value is -2.91. The summed E-state index contributed by atoms with van der Waals surface area (Å²) in [6.45, 7) is 1.88. The lowest BCUT2D eigenvalue weighted by molar-refractivity contribution is -0.275. The molecule has 3 rings (SSSR count). The first-order valence-electron chi connectivity index (χ1n) is 8.80. The summed E-state index contributed by atoms with van der Waals surface area (Å²) in [6.07, 6.45) is -4.39. The van der Waals surface area contributed by atoms with E-state index in [-0.39, 0.29) is 18.0 Å². The number of pyridine rings is 1. The predicted octanol–water partition coefficient (Wildman–Crippen LogP) is 3.84. The molecule has 10 heteroatoms. The fraction of sp³-hybridized carbons (Fsp3) is 0.368. The van der Waals surface area contributed by atoms with Crippen LogP contribution in [0, 0.1) is 5.82 Å². The first kappa shape index (κ1) is 20.8. The molecule has 1 fully saturated rings. The van der Waals surface area contributed by atoms with E-state index in [1.165, 1.54) is 19.2 Å². The molecule has 0 aliphatic carbocycles. The number of nitrogens with one attached hydrogen (secondary N) is 1. The molecule has 1 saturated heterocycles. The van der Waals surface area contributed by atoms with Gasteiger partial charge in [0, 0.05) is 30.9 Å². The van der Waals surface area contributed by atoms with Gasteiger partial charge in [-0.1, -0.05) is 0 Å². The van der Waals surface area contributed by atoms with Gasteiger partial charge in [-0.25, -0.2) is 8.78 Å². The largest absolute Gasteiger partial charge is 0.573 e. The van der Waals surface area contributed by atoms with E-state index in [9.17, 15) is 26.7 Å². The lowest BCUT2D eigenvalue weighted by Crippen LogP contribution is -2.52. The third-order valence-corrected chi connectivity index (χ3v) is 4.49. The number of halogens is 5. The summed E-state index contributed by atoms with van der Waals surface area (Å²) < 4.78 is 68.8. The number of rotatable bonds is 4. The average Bonchev–Trinajstić information content (AvgIpc) is 2.64. The molecule has 1 aliphatic rings. The number of nitrogens with zero attached hydrogens (tertiary/aromatic N) is 2. The third kappa shape index (κ3) is 5.33. The fourth-order valence-corrected chi connectivity index (χ4v) is 3.20. The first-order valence-corrected chi connectivity index (χ1v) is 8.80. The van der Waals surface area contributed by atoms with Gasteiger partial charge in [0.2, 0.25) is 5.91 Å². The summed E-state index contributed by atoms with van der Waals surface area (Å²) in [5.74, 6) is -2.40. The molecule has 29 heavy (non-hydrogen) atoms. The predicted molar refractivity (Wildman–Crippen MR) is 95.6 cm³/mol. The van der Waals surface area contributed by atoms with Gasteiger partial charge in [0.15, 0.2) is 11.6 Å². The van der Waals surface area contributed by atoms with Crippen LogP contribution in [0.25, 0.3) is 11.3 Å². The minimum absolute atomic E-state index is 0.0567. The van der Waals surface area contributed by atoms with Crippen LogP contribution in [0.4, 0.5) is 27.6 Å². The highest BCUT2D eigenvalue weighted by Gasteiger charge is 2.32. The average molecular weight is 415 g/mol. The van der Waals surface area contributed by atoms with Crippen molar-refractivity contribution in [2.24, 2.45) is 0 Å². The molecule has 2 heterocycles. The van der Waals surface area contributed by atoms with Crippen molar-refractivity contribution in [2.75, 3.05) is 18.0 Å². The number of carbonyl (C=O) groups is 1. The summed E-state index contributed by atoms with van der Waals surface area (Å²) in [5, 5.41) is 2.58. The van der Waals surface area contributed by atoms with Crippen LogP contribution in [-0.4, -0.2) is 42.6 Å². The Bertz CT molecular complexity index is 890. The Kier molecular flexibility index (Phi) is 5.90. The Labute approximate surface area is 163 Å². The van der Waals surface area contributed by atoms with Gasteiger partial charge in [-0.05, 0) is 36.8 Å². The van der Waals surface area contributed by atoms with Crippen LogP contribution in [0.2, 0.25) is 0 Å². The van der Waals surface area contributed by atoms with Gasteiger partial charge < -0.3 is 15.0 Å². The summed E-state index contributed by atoms with van der Waals surface area (Å²) in [5.41, 5.74) is 1.21. The minimum atomic E-state index is -4.99.